The van der Waals surface area contributed by atoms with Gasteiger partial charge in [0, 0.05) is 11.0 Å². The van der Waals surface area contributed by atoms with Gasteiger partial charge in [-0.05, 0) is 24.3 Å². The van der Waals surface area contributed by atoms with E-state index >= 15 is 0 Å². The quantitative estimate of drug-likeness (QED) is 0.783. The van der Waals surface area contributed by atoms with Crippen LogP contribution in [0.3, 0.4) is 0 Å². The number of amides is 2. The molecule has 6 heteroatoms. The fourth-order valence-corrected chi connectivity index (χ4v) is 2.16. The third kappa shape index (κ3) is 5.41. The molecule has 0 heterocycles. The summed E-state index contributed by atoms with van der Waals surface area (Å²) < 4.78 is 19.2. The molecule has 0 bridgehead atoms. The molecule has 0 radical (unpaired) electrons. The number of para-hydroxylation sites is 2. The Morgan fingerprint density at radius 2 is 1.67 bits per heavy atom. The van der Waals surface area contributed by atoms with Crippen LogP contribution in [-0.4, -0.2) is 18.9 Å². The molecule has 0 spiro atoms. The summed E-state index contributed by atoms with van der Waals surface area (Å²) in [6.45, 7) is 5.20. The van der Waals surface area contributed by atoms with Crippen LogP contribution < -0.4 is 15.4 Å². The number of rotatable bonds is 5. The summed E-state index contributed by atoms with van der Waals surface area (Å²) in [5.41, 5.74) is -0.0907. The van der Waals surface area contributed by atoms with Crippen LogP contribution in [0.1, 0.15) is 26.3 Å². The number of hydrogen-bond donors (Lipinski definition) is 2. The number of carbonyl (C=O) groups is 2. The zero-order chi connectivity index (χ0) is 20.0. The molecular formula is C21H23FN2O3. The average molecular weight is 370 g/mol. The third-order valence-electron chi connectivity index (χ3n) is 3.73. The number of nitrogens with one attached hydrogen (secondary N) is 2. The van der Waals surface area contributed by atoms with Crippen molar-refractivity contribution in [2.24, 2.45) is 5.41 Å². The third-order valence-corrected chi connectivity index (χ3v) is 3.73. The lowest BCUT2D eigenvalue weighted by molar-refractivity contribution is -0.128. The standard InChI is InChI=1S/C21H23FN2O3/c1-21(2,3)20(26)24-17(13-14-9-5-8-12-18(14)27-4)19(25)23-16-11-7-6-10-15(16)22/h5-13H,1-4H3,(H,23,25)(H,24,26)/b17-13+. The predicted octanol–water partition coefficient (Wildman–Crippen LogP) is 3.98. The monoisotopic (exact) mass is 370 g/mol. The summed E-state index contributed by atoms with van der Waals surface area (Å²) in [4.78, 5) is 25.1. The maximum atomic E-state index is 13.9. The molecule has 0 atom stereocenters. The minimum atomic E-state index is -0.710. The Morgan fingerprint density at radius 1 is 1.04 bits per heavy atom. The van der Waals surface area contributed by atoms with Crippen LogP contribution in [0, 0.1) is 11.2 Å². The smallest absolute Gasteiger partial charge is 0.272 e. The Kier molecular flexibility index (Phi) is 6.34. The van der Waals surface area contributed by atoms with E-state index in [1.165, 1.54) is 31.4 Å². The van der Waals surface area contributed by atoms with Gasteiger partial charge < -0.3 is 15.4 Å². The fourth-order valence-electron chi connectivity index (χ4n) is 2.16. The highest BCUT2D eigenvalue weighted by Gasteiger charge is 2.24. The van der Waals surface area contributed by atoms with Gasteiger partial charge in [-0.1, -0.05) is 51.1 Å². The Labute approximate surface area is 158 Å². The minimum absolute atomic E-state index is 0.0114. The molecule has 0 aliphatic rings. The maximum absolute atomic E-state index is 13.9. The van der Waals surface area contributed by atoms with Gasteiger partial charge in [-0.25, -0.2) is 4.39 Å². The van der Waals surface area contributed by atoms with Gasteiger partial charge in [0.1, 0.15) is 17.3 Å². The van der Waals surface area contributed by atoms with Gasteiger partial charge in [0.05, 0.1) is 12.8 Å². The molecule has 5 nitrogen and oxygen atoms in total. The van der Waals surface area contributed by atoms with E-state index in [1.807, 2.05) is 0 Å². The first kappa shape index (κ1) is 20.2. The van der Waals surface area contributed by atoms with Crippen molar-refractivity contribution in [1.82, 2.24) is 5.32 Å². The van der Waals surface area contributed by atoms with Crippen molar-refractivity contribution in [1.29, 1.82) is 0 Å². The summed E-state index contributed by atoms with van der Waals surface area (Å²) in [5.74, 6) is -1.00. The Hall–Kier alpha value is -3.15. The zero-order valence-corrected chi connectivity index (χ0v) is 15.8. The molecule has 0 aliphatic heterocycles. The van der Waals surface area contributed by atoms with E-state index in [-0.39, 0.29) is 17.3 Å². The zero-order valence-electron chi connectivity index (χ0n) is 15.8. The molecule has 2 aromatic carbocycles. The van der Waals surface area contributed by atoms with Gasteiger partial charge in [0.2, 0.25) is 5.91 Å². The lowest BCUT2D eigenvalue weighted by atomic mass is 9.95. The van der Waals surface area contributed by atoms with Crippen molar-refractivity contribution in [3.8, 4) is 5.75 Å². The highest BCUT2D eigenvalue weighted by molar-refractivity contribution is 6.09. The summed E-state index contributed by atoms with van der Waals surface area (Å²) in [7, 11) is 1.51. The molecule has 0 aliphatic carbocycles. The largest absolute Gasteiger partial charge is 0.496 e. The second kappa shape index (κ2) is 8.49. The molecule has 0 saturated heterocycles. The first-order valence-electron chi connectivity index (χ1n) is 8.44. The summed E-state index contributed by atoms with van der Waals surface area (Å²) in [6.07, 6.45) is 1.50. The van der Waals surface area contributed by atoms with E-state index in [2.05, 4.69) is 10.6 Å². The van der Waals surface area contributed by atoms with E-state index in [0.29, 0.717) is 11.3 Å². The molecule has 2 amide bonds. The van der Waals surface area contributed by atoms with Crippen LogP contribution in [0.2, 0.25) is 0 Å². The van der Waals surface area contributed by atoms with Gasteiger partial charge in [-0.2, -0.15) is 0 Å². The average Bonchev–Trinajstić information content (AvgIpc) is 2.62. The van der Waals surface area contributed by atoms with Crippen molar-refractivity contribution in [2.75, 3.05) is 12.4 Å². The van der Waals surface area contributed by atoms with Gasteiger partial charge in [0.25, 0.3) is 5.91 Å². The Bertz CT molecular complexity index is 870. The molecule has 0 fully saturated rings. The Morgan fingerprint density at radius 3 is 2.30 bits per heavy atom. The molecule has 27 heavy (non-hydrogen) atoms. The number of carbonyl (C=O) groups excluding carboxylic acids is 2. The first-order valence-corrected chi connectivity index (χ1v) is 8.44. The topological polar surface area (TPSA) is 67.4 Å². The molecule has 2 aromatic rings. The van der Waals surface area contributed by atoms with Crippen molar-refractivity contribution in [3.63, 3.8) is 0 Å². The number of ether oxygens (including phenoxy) is 1. The lowest BCUT2D eigenvalue weighted by Gasteiger charge is -2.19. The van der Waals surface area contributed by atoms with Gasteiger partial charge in [-0.3, -0.25) is 9.59 Å². The van der Waals surface area contributed by atoms with Crippen molar-refractivity contribution in [3.05, 3.63) is 65.6 Å². The highest BCUT2D eigenvalue weighted by Crippen LogP contribution is 2.22. The molecular weight excluding hydrogens is 347 g/mol. The van der Waals surface area contributed by atoms with Crippen molar-refractivity contribution < 1.29 is 18.7 Å². The van der Waals surface area contributed by atoms with Crippen LogP contribution in [0.15, 0.2) is 54.2 Å². The van der Waals surface area contributed by atoms with Gasteiger partial charge >= 0.3 is 0 Å². The maximum Gasteiger partial charge on any atom is 0.272 e. The molecule has 0 unspecified atom stereocenters. The van der Waals surface area contributed by atoms with E-state index < -0.39 is 17.1 Å². The molecule has 0 aromatic heterocycles. The number of hydrogen-bond acceptors (Lipinski definition) is 3. The highest BCUT2D eigenvalue weighted by atomic mass is 19.1. The molecule has 2 rings (SSSR count). The molecule has 2 N–H and O–H groups in total. The van der Waals surface area contributed by atoms with Crippen molar-refractivity contribution >= 4 is 23.6 Å². The number of benzene rings is 2. The molecule has 0 saturated carbocycles. The van der Waals surface area contributed by atoms with Crippen LogP contribution >= 0.6 is 0 Å². The normalized spacial score (nSPS) is 11.7. The Balaban J connectivity index is 2.40. The number of anilines is 1. The molecule has 142 valence electrons. The van der Waals surface area contributed by atoms with Gasteiger partial charge in [-0.15, -0.1) is 0 Å². The van der Waals surface area contributed by atoms with Gasteiger partial charge in [0.15, 0.2) is 0 Å². The predicted molar refractivity (Wildman–Crippen MR) is 104 cm³/mol. The fraction of sp³-hybridized carbons (Fsp3) is 0.238. The first-order chi connectivity index (χ1) is 12.7. The van der Waals surface area contributed by atoms with E-state index in [4.69, 9.17) is 4.74 Å². The second-order valence-corrected chi connectivity index (χ2v) is 6.94. The second-order valence-electron chi connectivity index (χ2n) is 6.94. The lowest BCUT2D eigenvalue weighted by Crippen LogP contribution is -2.38. The summed E-state index contributed by atoms with van der Waals surface area (Å²) >= 11 is 0. The van der Waals surface area contributed by atoms with Crippen LogP contribution in [0.25, 0.3) is 6.08 Å². The van der Waals surface area contributed by atoms with E-state index in [1.54, 1.807) is 51.1 Å². The van der Waals surface area contributed by atoms with E-state index in [0.717, 1.165) is 0 Å². The number of halogens is 1. The van der Waals surface area contributed by atoms with Crippen LogP contribution in [0.5, 0.6) is 5.75 Å². The van der Waals surface area contributed by atoms with Crippen LogP contribution in [-0.2, 0) is 9.59 Å². The minimum Gasteiger partial charge on any atom is -0.496 e. The summed E-state index contributed by atoms with van der Waals surface area (Å²) in [6, 6.07) is 12.9. The number of methoxy groups -OCH3 is 1. The summed E-state index contributed by atoms with van der Waals surface area (Å²) in [5, 5.41) is 5.12. The van der Waals surface area contributed by atoms with Crippen LogP contribution in [0.4, 0.5) is 10.1 Å². The van der Waals surface area contributed by atoms with E-state index in [9.17, 15) is 14.0 Å². The van der Waals surface area contributed by atoms with Crippen molar-refractivity contribution in [2.45, 2.75) is 20.8 Å². The SMILES string of the molecule is COc1ccccc1/C=C(/NC(=O)C(C)(C)C)C(=O)Nc1ccccc1F.